The Hall–Kier alpha value is -1.53. The highest BCUT2D eigenvalue weighted by molar-refractivity contribution is 6.34. The minimum atomic E-state index is -1.51. The molecule has 0 saturated carbocycles. The van der Waals surface area contributed by atoms with Crippen molar-refractivity contribution in [3.8, 4) is 0 Å². The maximum atomic E-state index is 11.9. The van der Waals surface area contributed by atoms with E-state index in [0.717, 1.165) is 11.1 Å². The van der Waals surface area contributed by atoms with Gasteiger partial charge in [0.2, 0.25) is 0 Å². The number of halogens is 1. The molecule has 0 heterocycles. The molecule has 0 aliphatic carbocycles. The number of rotatable bonds is 4. The first kappa shape index (κ1) is 15.5. The minimum Gasteiger partial charge on any atom is -0.541 e. The normalized spacial score (nSPS) is 11.8. The summed E-state index contributed by atoms with van der Waals surface area (Å²) in [5, 5.41) is 12.0. The third kappa shape index (κ3) is 3.72. The average molecular weight is 282 g/mol. The smallest absolute Gasteiger partial charge is 0.378 e. The van der Waals surface area contributed by atoms with Crippen molar-refractivity contribution >= 4 is 31.5 Å². The second kappa shape index (κ2) is 6.59. The molecule has 1 aromatic carbocycles. The van der Waals surface area contributed by atoms with Crippen LogP contribution >= 0.6 is 11.6 Å². The lowest BCUT2D eigenvalue weighted by Gasteiger charge is -2.12. The van der Waals surface area contributed by atoms with Gasteiger partial charge < -0.3 is 15.1 Å². The van der Waals surface area contributed by atoms with Gasteiger partial charge in [-0.3, -0.25) is 9.59 Å². The molecular weight excluding hydrogens is 268 g/mol. The highest BCUT2D eigenvalue weighted by atomic mass is 35.5. The van der Waals surface area contributed by atoms with E-state index in [4.69, 9.17) is 11.6 Å². The predicted octanol–water partition coefficient (Wildman–Crippen LogP) is 0.674. The quantitative estimate of drug-likeness (QED) is 0.796. The molecule has 19 heavy (non-hydrogen) atoms. The first-order chi connectivity index (χ1) is 8.88. The summed E-state index contributed by atoms with van der Waals surface area (Å²) in [6.07, 6.45) is -1.51. The zero-order chi connectivity index (χ0) is 14.6. The van der Waals surface area contributed by atoms with Crippen LogP contribution in [-0.4, -0.2) is 37.7 Å². The van der Waals surface area contributed by atoms with Gasteiger partial charge in [0.05, 0.1) is 17.1 Å². The van der Waals surface area contributed by atoms with Gasteiger partial charge in [0, 0.05) is 0 Å². The summed E-state index contributed by atoms with van der Waals surface area (Å²) in [6.45, 7) is 3.37. The zero-order valence-corrected chi connectivity index (χ0v) is 11.3. The second-order valence-corrected chi connectivity index (χ2v) is 4.41. The van der Waals surface area contributed by atoms with Crippen LogP contribution in [-0.2, 0) is 9.45 Å². The summed E-state index contributed by atoms with van der Waals surface area (Å²) in [5.74, 6) is -1.51. The van der Waals surface area contributed by atoms with Crippen LogP contribution in [0.25, 0.3) is 0 Å². The fourth-order valence-corrected chi connectivity index (χ4v) is 1.70. The largest absolute Gasteiger partial charge is 0.541 e. The minimum absolute atomic E-state index is 0.276. The molecule has 0 saturated heterocycles. The third-order valence-electron chi connectivity index (χ3n) is 2.75. The number of carbonyl (C=O) groups excluding carboxylic acids is 2. The maximum Gasteiger partial charge on any atom is 0.378 e. The number of carbonyl (C=O) groups is 2. The molecule has 1 rings (SSSR count). The summed E-state index contributed by atoms with van der Waals surface area (Å²) < 4.78 is 3.84. The van der Waals surface area contributed by atoms with Crippen molar-refractivity contribution in [3.05, 3.63) is 33.8 Å². The number of hydrogen-bond acceptors (Lipinski definition) is 4. The zero-order valence-electron chi connectivity index (χ0n) is 10.6. The van der Waals surface area contributed by atoms with Gasteiger partial charge in [-0.2, -0.15) is 0 Å². The maximum absolute atomic E-state index is 11.9. The summed E-state index contributed by atoms with van der Waals surface area (Å²) in [7, 11) is 4.61. The Morgan fingerprint density at radius 2 is 2.11 bits per heavy atom. The van der Waals surface area contributed by atoms with Crippen molar-refractivity contribution in [2.75, 3.05) is 6.54 Å². The van der Waals surface area contributed by atoms with Gasteiger partial charge in [-0.15, -0.1) is 0 Å². The van der Waals surface area contributed by atoms with Gasteiger partial charge in [0.15, 0.2) is 6.10 Å². The van der Waals surface area contributed by atoms with E-state index in [9.17, 15) is 14.7 Å². The molecule has 0 aromatic heterocycles. The van der Waals surface area contributed by atoms with Gasteiger partial charge in [0.25, 0.3) is 5.91 Å². The van der Waals surface area contributed by atoms with E-state index in [0.29, 0.717) is 5.02 Å². The number of aliphatic hydroxyl groups is 1. The molecule has 0 fully saturated rings. The first-order valence-electron chi connectivity index (χ1n) is 5.51. The van der Waals surface area contributed by atoms with Crippen molar-refractivity contribution in [1.29, 1.82) is 0 Å². The van der Waals surface area contributed by atoms with Crippen molar-refractivity contribution in [2.45, 2.75) is 20.0 Å². The Balaban J connectivity index is 2.75. The van der Waals surface area contributed by atoms with Crippen LogP contribution in [0, 0.1) is 13.8 Å². The molecule has 7 heteroatoms. The number of aliphatic hydroxyl groups excluding tert-OH is 1. The number of hydrogen-bond donors (Lipinski definition) is 2. The van der Waals surface area contributed by atoms with Gasteiger partial charge in [-0.1, -0.05) is 17.7 Å². The fourth-order valence-electron chi connectivity index (χ4n) is 1.40. The van der Waals surface area contributed by atoms with E-state index < -0.39 is 18.0 Å². The van der Waals surface area contributed by atoms with Gasteiger partial charge in [0.1, 0.15) is 0 Å². The van der Waals surface area contributed by atoms with E-state index in [1.54, 1.807) is 19.1 Å². The number of aryl methyl sites for hydroxylation is 1. The Kier molecular flexibility index (Phi) is 5.38. The predicted molar refractivity (Wildman–Crippen MR) is 71.1 cm³/mol. The summed E-state index contributed by atoms with van der Waals surface area (Å²) >= 11 is 6.06. The van der Waals surface area contributed by atoms with Gasteiger partial charge in [-0.25, -0.2) is 0 Å². The molecule has 5 nitrogen and oxygen atoms in total. The molecule has 1 aromatic rings. The Bertz CT molecular complexity index is 507. The Morgan fingerprint density at radius 3 is 2.68 bits per heavy atom. The molecule has 100 valence electrons. The van der Waals surface area contributed by atoms with Crippen LogP contribution in [0.4, 0.5) is 0 Å². The summed E-state index contributed by atoms with van der Waals surface area (Å²) in [5.41, 5.74) is 2.04. The SMILES string of the molecule is [B]OC(=O)C(O)CNC(=O)c1ccc(C)c(C)c1Cl. The number of amides is 1. The van der Waals surface area contributed by atoms with Crippen LogP contribution in [0.15, 0.2) is 12.1 Å². The van der Waals surface area contributed by atoms with E-state index in [-0.39, 0.29) is 12.1 Å². The molecule has 2 radical (unpaired) electrons. The fraction of sp³-hybridized carbons (Fsp3) is 0.333. The van der Waals surface area contributed by atoms with Crippen LogP contribution in [0.5, 0.6) is 0 Å². The molecular formula is C12H13BClNO4. The lowest BCUT2D eigenvalue weighted by Crippen LogP contribution is -2.37. The number of benzene rings is 1. The van der Waals surface area contributed by atoms with Crippen molar-refractivity contribution in [2.24, 2.45) is 0 Å². The Labute approximate surface area is 117 Å². The molecule has 0 aliphatic heterocycles. The molecule has 2 N–H and O–H groups in total. The van der Waals surface area contributed by atoms with E-state index in [1.807, 2.05) is 6.92 Å². The highest BCUT2D eigenvalue weighted by Gasteiger charge is 2.18. The molecule has 1 amide bonds. The van der Waals surface area contributed by atoms with Gasteiger partial charge in [-0.05, 0) is 31.0 Å². The molecule has 0 bridgehead atoms. The monoisotopic (exact) mass is 281 g/mol. The second-order valence-electron chi connectivity index (χ2n) is 4.03. The molecule has 1 unspecified atom stereocenters. The molecule has 0 aliphatic rings. The highest BCUT2D eigenvalue weighted by Crippen LogP contribution is 2.23. The first-order valence-corrected chi connectivity index (χ1v) is 5.88. The lowest BCUT2D eigenvalue weighted by molar-refractivity contribution is -0.142. The summed E-state index contributed by atoms with van der Waals surface area (Å²) in [4.78, 5) is 22.7. The van der Waals surface area contributed by atoms with Crippen molar-refractivity contribution < 1.29 is 19.3 Å². The van der Waals surface area contributed by atoms with Crippen LogP contribution in [0.3, 0.4) is 0 Å². The lowest BCUT2D eigenvalue weighted by atomic mass is 10.1. The van der Waals surface area contributed by atoms with E-state index in [2.05, 4.69) is 18.0 Å². The summed E-state index contributed by atoms with van der Waals surface area (Å²) in [6, 6.07) is 3.34. The van der Waals surface area contributed by atoms with Gasteiger partial charge >= 0.3 is 14.0 Å². The van der Waals surface area contributed by atoms with Crippen molar-refractivity contribution in [3.63, 3.8) is 0 Å². The average Bonchev–Trinajstić information content (AvgIpc) is 2.41. The van der Waals surface area contributed by atoms with Crippen LogP contribution in [0.1, 0.15) is 21.5 Å². The van der Waals surface area contributed by atoms with E-state index in [1.165, 1.54) is 0 Å². The number of nitrogens with one attached hydrogen (secondary N) is 1. The Morgan fingerprint density at radius 1 is 1.47 bits per heavy atom. The van der Waals surface area contributed by atoms with Crippen LogP contribution in [0.2, 0.25) is 5.02 Å². The standard InChI is InChI=1S/C12H13BClNO4/c1-6-3-4-8(10(14)7(6)2)11(17)15-5-9(16)12(18)19-13/h3-4,9,16H,5H2,1-2H3,(H,15,17). The third-order valence-corrected chi connectivity index (χ3v) is 3.23. The molecule has 1 atom stereocenters. The van der Waals surface area contributed by atoms with E-state index >= 15 is 0 Å². The topological polar surface area (TPSA) is 75.6 Å². The van der Waals surface area contributed by atoms with Crippen LogP contribution < -0.4 is 5.32 Å². The molecule has 0 spiro atoms. The van der Waals surface area contributed by atoms with Crippen molar-refractivity contribution in [1.82, 2.24) is 5.32 Å².